The van der Waals surface area contributed by atoms with Crippen LogP contribution in [0.15, 0.2) is 18.2 Å². The molecule has 3 heteroatoms. The molecule has 0 amide bonds. The summed E-state index contributed by atoms with van der Waals surface area (Å²) in [4.78, 5) is 0. The topological polar surface area (TPSA) is 49.7 Å². The van der Waals surface area contributed by atoms with Gasteiger partial charge < -0.3 is 14.9 Å². The molecule has 0 heterocycles. The third kappa shape index (κ3) is 2.32. The number of aromatic hydroxyl groups is 1. The lowest BCUT2D eigenvalue weighted by atomic mass is 9.54. The summed E-state index contributed by atoms with van der Waals surface area (Å²) in [6.07, 6.45) is 7.53. The van der Waals surface area contributed by atoms with Gasteiger partial charge in [0.25, 0.3) is 0 Å². The molecular formula is C20H28O3. The van der Waals surface area contributed by atoms with E-state index in [1.165, 1.54) is 30.4 Å². The van der Waals surface area contributed by atoms with E-state index in [1.54, 1.807) is 7.11 Å². The van der Waals surface area contributed by atoms with Crippen LogP contribution in [0.2, 0.25) is 0 Å². The molecule has 126 valence electrons. The van der Waals surface area contributed by atoms with E-state index in [0.717, 1.165) is 32.3 Å². The van der Waals surface area contributed by atoms with Gasteiger partial charge >= 0.3 is 0 Å². The molecule has 3 aliphatic carbocycles. The Balaban J connectivity index is 1.65. The first kappa shape index (κ1) is 15.5. The summed E-state index contributed by atoms with van der Waals surface area (Å²) in [5.74, 6) is 2.33. The van der Waals surface area contributed by atoms with E-state index in [0.29, 0.717) is 23.5 Å². The van der Waals surface area contributed by atoms with Crippen LogP contribution in [-0.4, -0.2) is 30.0 Å². The zero-order valence-corrected chi connectivity index (χ0v) is 14.0. The Morgan fingerprint density at radius 2 is 2.09 bits per heavy atom. The van der Waals surface area contributed by atoms with Gasteiger partial charge in [-0.3, -0.25) is 0 Å². The first-order valence-corrected chi connectivity index (χ1v) is 9.14. The lowest BCUT2D eigenvalue weighted by molar-refractivity contribution is -0.0547. The summed E-state index contributed by atoms with van der Waals surface area (Å²) in [6.45, 7) is 0.759. The molecule has 2 saturated carbocycles. The number of hydrogen-bond donors (Lipinski definition) is 2. The highest BCUT2D eigenvalue weighted by atomic mass is 16.5. The minimum absolute atomic E-state index is 0.0889. The van der Waals surface area contributed by atoms with E-state index >= 15 is 0 Å². The fourth-order valence-electron chi connectivity index (χ4n) is 6.12. The number of ether oxygens (including phenoxy) is 1. The molecule has 2 fully saturated rings. The molecule has 0 saturated heterocycles. The highest BCUT2D eigenvalue weighted by Crippen LogP contribution is 2.62. The Morgan fingerprint density at radius 1 is 1.22 bits per heavy atom. The second-order valence-electron chi connectivity index (χ2n) is 7.91. The maximum absolute atomic E-state index is 10.7. The molecule has 5 atom stereocenters. The second kappa shape index (κ2) is 5.78. The van der Waals surface area contributed by atoms with E-state index in [1.807, 2.05) is 12.1 Å². The predicted octanol–water partition coefficient (Wildman–Crippen LogP) is 3.63. The van der Waals surface area contributed by atoms with Crippen LogP contribution < -0.4 is 0 Å². The summed E-state index contributed by atoms with van der Waals surface area (Å²) < 4.78 is 5.36. The molecule has 0 spiro atoms. The first-order valence-electron chi connectivity index (χ1n) is 9.14. The number of hydrogen-bond acceptors (Lipinski definition) is 3. The molecule has 0 radical (unpaired) electrons. The number of phenolic OH excluding ortho intramolecular Hbond substituents is 1. The molecule has 23 heavy (non-hydrogen) atoms. The number of aliphatic hydroxyl groups excluding tert-OH is 1. The number of rotatable bonds is 3. The van der Waals surface area contributed by atoms with Gasteiger partial charge in [0.1, 0.15) is 5.75 Å². The standard InChI is InChI=1S/C20H28O3/c1-23-11-10-20-9-8-16-15-5-3-14(21)12-13(15)2-4-17(16)18(20)6-7-19(20)22/h3,5,12,16-19,21-22H,2,4,6-11H2,1H3/t16-,17-,18+,19?,20-/m1/s1. The first-order chi connectivity index (χ1) is 11.2. The Labute approximate surface area is 138 Å². The number of aliphatic hydroxyl groups is 1. The molecule has 1 aromatic carbocycles. The summed E-state index contributed by atoms with van der Waals surface area (Å²) in [6, 6.07) is 5.95. The van der Waals surface area contributed by atoms with Crippen LogP contribution in [0.3, 0.4) is 0 Å². The van der Waals surface area contributed by atoms with Crippen LogP contribution in [-0.2, 0) is 11.2 Å². The van der Waals surface area contributed by atoms with Crippen molar-refractivity contribution in [2.75, 3.05) is 13.7 Å². The van der Waals surface area contributed by atoms with Crippen molar-refractivity contribution in [2.24, 2.45) is 17.3 Å². The summed E-state index contributed by atoms with van der Waals surface area (Å²) in [5, 5.41) is 20.5. The minimum atomic E-state index is -0.148. The molecule has 0 aliphatic heterocycles. The van der Waals surface area contributed by atoms with Gasteiger partial charge in [0.05, 0.1) is 6.10 Å². The van der Waals surface area contributed by atoms with Crippen LogP contribution in [0.25, 0.3) is 0 Å². The highest BCUT2D eigenvalue weighted by molar-refractivity contribution is 5.40. The van der Waals surface area contributed by atoms with Crippen molar-refractivity contribution in [1.82, 2.24) is 0 Å². The third-order valence-electron chi connectivity index (χ3n) is 7.15. The molecule has 3 aliphatic rings. The Kier molecular flexibility index (Phi) is 3.89. The van der Waals surface area contributed by atoms with E-state index in [9.17, 15) is 10.2 Å². The molecule has 1 aromatic rings. The number of benzene rings is 1. The average molecular weight is 316 g/mol. The minimum Gasteiger partial charge on any atom is -0.508 e. The van der Waals surface area contributed by atoms with Crippen LogP contribution in [0, 0.1) is 17.3 Å². The highest BCUT2D eigenvalue weighted by Gasteiger charge is 2.56. The Bertz CT molecular complexity index is 584. The summed E-state index contributed by atoms with van der Waals surface area (Å²) >= 11 is 0. The van der Waals surface area contributed by atoms with Gasteiger partial charge in [0.15, 0.2) is 0 Å². The second-order valence-corrected chi connectivity index (χ2v) is 7.91. The van der Waals surface area contributed by atoms with Crippen LogP contribution in [0.5, 0.6) is 5.75 Å². The normalized spacial score (nSPS) is 38.7. The van der Waals surface area contributed by atoms with Crippen molar-refractivity contribution in [3.05, 3.63) is 29.3 Å². The van der Waals surface area contributed by atoms with Crippen molar-refractivity contribution in [2.45, 2.75) is 57.0 Å². The van der Waals surface area contributed by atoms with E-state index < -0.39 is 0 Å². The number of aryl methyl sites for hydroxylation is 1. The molecule has 2 N–H and O–H groups in total. The predicted molar refractivity (Wildman–Crippen MR) is 89.5 cm³/mol. The van der Waals surface area contributed by atoms with Crippen LogP contribution in [0.1, 0.15) is 55.6 Å². The fraction of sp³-hybridized carbons (Fsp3) is 0.700. The SMILES string of the molecule is COCC[C@]12CC[C@@H]3c4ccc(O)cc4CC[C@H]3[C@@H]1CCC2O. The lowest BCUT2D eigenvalue weighted by Crippen LogP contribution is -2.46. The van der Waals surface area contributed by atoms with Crippen molar-refractivity contribution >= 4 is 0 Å². The van der Waals surface area contributed by atoms with Gasteiger partial charge in [-0.2, -0.15) is 0 Å². The van der Waals surface area contributed by atoms with Gasteiger partial charge in [-0.25, -0.2) is 0 Å². The fourth-order valence-corrected chi connectivity index (χ4v) is 6.12. The molecule has 0 aromatic heterocycles. The van der Waals surface area contributed by atoms with Gasteiger partial charge in [0, 0.05) is 19.1 Å². The van der Waals surface area contributed by atoms with Gasteiger partial charge in [-0.1, -0.05) is 6.07 Å². The third-order valence-corrected chi connectivity index (χ3v) is 7.15. The summed E-state index contributed by atoms with van der Waals surface area (Å²) in [7, 11) is 1.77. The number of fused-ring (bicyclic) bond motifs is 5. The maximum Gasteiger partial charge on any atom is 0.115 e. The average Bonchev–Trinajstić information content (AvgIpc) is 2.89. The largest absolute Gasteiger partial charge is 0.508 e. The van der Waals surface area contributed by atoms with Crippen molar-refractivity contribution in [1.29, 1.82) is 0 Å². The molecule has 1 unspecified atom stereocenters. The molecule has 3 nitrogen and oxygen atoms in total. The molecule has 0 bridgehead atoms. The molecule has 4 rings (SSSR count). The summed E-state index contributed by atoms with van der Waals surface area (Å²) in [5.41, 5.74) is 2.89. The monoisotopic (exact) mass is 316 g/mol. The Hall–Kier alpha value is -1.06. The number of methoxy groups -OCH3 is 1. The zero-order chi connectivity index (χ0) is 16.0. The van der Waals surface area contributed by atoms with E-state index in [-0.39, 0.29) is 11.5 Å². The zero-order valence-electron chi connectivity index (χ0n) is 14.0. The lowest BCUT2D eigenvalue weighted by Gasteiger charge is -2.51. The van der Waals surface area contributed by atoms with Gasteiger partial charge in [0.2, 0.25) is 0 Å². The van der Waals surface area contributed by atoms with Crippen molar-refractivity contribution in [3.63, 3.8) is 0 Å². The quantitative estimate of drug-likeness (QED) is 0.895. The van der Waals surface area contributed by atoms with Crippen LogP contribution in [0.4, 0.5) is 0 Å². The van der Waals surface area contributed by atoms with Crippen LogP contribution >= 0.6 is 0 Å². The van der Waals surface area contributed by atoms with Gasteiger partial charge in [-0.05, 0) is 86.0 Å². The number of phenols is 1. The van der Waals surface area contributed by atoms with Gasteiger partial charge in [-0.15, -0.1) is 0 Å². The maximum atomic E-state index is 10.7. The van der Waals surface area contributed by atoms with E-state index in [4.69, 9.17) is 4.74 Å². The van der Waals surface area contributed by atoms with E-state index in [2.05, 4.69) is 6.07 Å². The molecular weight excluding hydrogens is 288 g/mol. The van der Waals surface area contributed by atoms with Crippen molar-refractivity contribution < 1.29 is 14.9 Å². The Morgan fingerprint density at radius 3 is 2.91 bits per heavy atom. The smallest absolute Gasteiger partial charge is 0.115 e. The van der Waals surface area contributed by atoms with Crippen molar-refractivity contribution in [3.8, 4) is 5.75 Å².